The van der Waals surface area contributed by atoms with Gasteiger partial charge in [0.15, 0.2) is 15.8 Å². The zero-order valence-corrected chi connectivity index (χ0v) is 19.9. The normalized spacial score (nSPS) is 15.4. The van der Waals surface area contributed by atoms with Crippen LogP contribution < -0.4 is 14.4 Å². The molecule has 0 unspecified atom stereocenters. The third-order valence-corrected chi connectivity index (χ3v) is 5.92. The average Bonchev–Trinajstić information content (AvgIpc) is 2.95. The Morgan fingerprint density at radius 3 is 2.57 bits per heavy atom. The SMILES string of the molecule is CCOc1cc(/C=C2/SC(=S)N(c3ccc(Cl)cc3Cl)C2=O)ccc1OCC(C)C. The van der Waals surface area contributed by atoms with Crippen LogP contribution in [0, 0.1) is 5.92 Å². The number of hydrogen-bond donors (Lipinski definition) is 0. The lowest BCUT2D eigenvalue weighted by Gasteiger charge is -2.16. The van der Waals surface area contributed by atoms with Gasteiger partial charge in [-0.1, -0.05) is 67.1 Å². The molecule has 30 heavy (non-hydrogen) atoms. The monoisotopic (exact) mass is 481 g/mol. The summed E-state index contributed by atoms with van der Waals surface area (Å²) >= 11 is 18.9. The minimum absolute atomic E-state index is 0.229. The van der Waals surface area contributed by atoms with Gasteiger partial charge in [-0.2, -0.15) is 0 Å². The Balaban J connectivity index is 1.88. The van der Waals surface area contributed by atoms with Crippen LogP contribution in [0.15, 0.2) is 41.3 Å². The first-order chi connectivity index (χ1) is 14.3. The second kappa shape index (κ2) is 10.1. The van der Waals surface area contributed by atoms with E-state index in [9.17, 15) is 4.79 Å². The molecule has 8 heteroatoms. The summed E-state index contributed by atoms with van der Waals surface area (Å²) in [4.78, 5) is 14.9. The Bertz CT molecular complexity index is 1010. The van der Waals surface area contributed by atoms with Gasteiger partial charge in [0.2, 0.25) is 0 Å². The molecule has 3 rings (SSSR count). The number of benzene rings is 2. The van der Waals surface area contributed by atoms with Crippen LogP contribution in [0.25, 0.3) is 6.08 Å². The molecule has 1 amide bonds. The molecular formula is C22H21Cl2NO3S2. The van der Waals surface area contributed by atoms with Crippen LogP contribution in [-0.2, 0) is 4.79 Å². The predicted octanol–water partition coefficient (Wildman–Crippen LogP) is 6.83. The summed E-state index contributed by atoms with van der Waals surface area (Å²) in [5.74, 6) is 1.50. The van der Waals surface area contributed by atoms with Gasteiger partial charge in [0.25, 0.3) is 5.91 Å². The molecule has 1 heterocycles. The standard InChI is InChI=1S/C22H21Cl2NO3S2/c1-4-27-19-9-14(5-8-18(19)28-12-13(2)3)10-20-21(26)25(22(29)30-20)17-7-6-15(23)11-16(17)24/h5-11,13H,4,12H2,1-3H3/b20-10+. The number of thioether (sulfide) groups is 1. The van der Waals surface area contributed by atoms with Gasteiger partial charge in [-0.05, 0) is 54.8 Å². The minimum Gasteiger partial charge on any atom is -0.490 e. The largest absolute Gasteiger partial charge is 0.490 e. The first-order valence-electron chi connectivity index (χ1n) is 9.42. The Hall–Kier alpha value is -1.73. The van der Waals surface area contributed by atoms with E-state index in [0.29, 0.717) is 55.6 Å². The van der Waals surface area contributed by atoms with Crippen LogP contribution in [0.3, 0.4) is 0 Å². The molecule has 0 atom stereocenters. The number of ether oxygens (including phenoxy) is 2. The van der Waals surface area contributed by atoms with Gasteiger partial charge in [0.1, 0.15) is 0 Å². The summed E-state index contributed by atoms with van der Waals surface area (Å²) < 4.78 is 12.0. The van der Waals surface area contributed by atoms with E-state index >= 15 is 0 Å². The van der Waals surface area contributed by atoms with Gasteiger partial charge in [-0.15, -0.1) is 0 Å². The van der Waals surface area contributed by atoms with Crippen molar-refractivity contribution in [3.05, 3.63) is 56.9 Å². The van der Waals surface area contributed by atoms with Crippen molar-refractivity contribution in [1.29, 1.82) is 0 Å². The molecule has 2 aromatic rings. The molecule has 0 aliphatic carbocycles. The zero-order valence-electron chi connectivity index (χ0n) is 16.8. The molecule has 4 nitrogen and oxygen atoms in total. The van der Waals surface area contributed by atoms with Gasteiger partial charge in [-0.25, -0.2) is 0 Å². The zero-order chi connectivity index (χ0) is 21.8. The van der Waals surface area contributed by atoms with E-state index in [0.717, 1.165) is 5.56 Å². The first-order valence-corrected chi connectivity index (χ1v) is 11.4. The number of thiocarbonyl (C=S) groups is 1. The molecule has 0 spiro atoms. The number of carbonyl (C=O) groups excluding carboxylic acids is 1. The van der Waals surface area contributed by atoms with E-state index in [1.165, 1.54) is 16.7 Å². The van der Waals surface area contributed by atoms with Crippen LogP contribution >= 0.6 is 47.2 Å². The molecule has 158 valence electrons. The van der Waals surface area contributed by atoms with E-state index < -0.39 is 0 Å². The molecule has 2 aromatic carbocycles. The van der Waals surface area contributed by atoms with Gasteiger partial charge in [0.05, 0.1) is 28.8 Å². The number of anilines is 1. The topological polar surface area (TPSA) is 38.8 Å². The van der Waals surface area contributed by atoms with E-state index in [1.807, 2.05) is 25.1 Å². The van der Waals surface area contributed by atoms with Crippen molar-refractivity contribution in [1.82, 2.24) is 0 Å². The fraction of sp³-hybridized carbons (Fsp3) is 0.273. The maximum absolute atomic E-state index is 13.0. The van der Waals surface area contributed by atoms with Gasteiger partial charge in [-0.3, -0.25) is 9.69 Å². The van der Waals surface area contributed by atoms with E-state index in [1.54, 1.807) is 24.3 Å². The van der Waals surface area contributed by atoms with Crippen LogP contribution in [-0.4, -0.2) is 23.4 Å². The molecule has 1 fully saturated rings. The third kappa shape index (κ3) is 5.30. The smallest absolute Gasteiger partial charge is 0.270 e. The number of halogens is 2. The highest BCUT2D eigenvalue weighted by atomic mass is 35.5. The van der Waals surface area contributed by atoms with Crippen LogP contribution in [0.1, 0.15) is 26.3 Å². The molecule has 0 radical (unpaired) electrons. The van der Waals surface area contributed by atoms with Gasteiger partial charge >= 0.3 is 0 Å². The Morgan fingerprint density at radius 2 is 1.90 bits per heavy atom. The summed E-state index contributed by atoms with van der Waals surface area (Å²) in [6, 6.07) is 10.6. The lowest BCUT2D eigenvalue weighted by Crippen LogP contribution is -2.27. The highest BCUT2D eigenvalue weighted by Crippen LogP contribution is 2.40. The van der Waals surface area contributed by atoms with E-state index in [2.05, 4.69) is 13.8 Å². The predicted molar refractivity (Wildman–Crippen MR) is 130 cm³/mol. The Labute approximate surface area is 196 Å². The minimum atomic E-state index is -0.229. The molecule has 0 N–H and O–H groups in total. The maximum Gasteiger partial charge on any atom is 0.270 e. The molecule has 1 saturated heterocycles. The Kier molecular flexibility index (Phi) is 7.69. The third-order valence-electron chi connectivity index (χ3n) is 4.08. The summed E-state index contributed by atoms with van der Waals surface area (Å²) in [6.07, 6.45) is 1.79. The number of carbonyl (C=O) groups is 1. The summed E-state index contributed by atoms with van der Waals surface area (Å²) in [6.45, 7) is 7.20. The van der Waals surface area contributed by atoms with Crippen molar-refractivity contribution < 1.29 is 14.3 Å². The highest BCUT2D eigenvalue weighted by Gasteiger charge is 2.34. The van der Waals surface area contributed by atoms with Crippen LogP contribution in [0.2, 0.25) is 10.0 Å². The summed E-state index contributed by atoms with van der Waals surface area (Å²) in [5, 5.41) is 0.860. The quantitative estimate of drug-likeness (QED) is 0.319. The van der Waals surface area contributed by atoms with Crippen molar-refractivity contribution in [2.24, 2.45) is 5.92 Å². The second-order valence-corrected chi connectivity index (χ2v) is 9.48. The van der Waals surface area contributed by atoms with Crippen molar-refractivity contribution in [3.8, 4) is 11.5 Å². The highest BCUT2D eigenvalue weighted by molar-refractivity contribution is 8.27. The van der Waals surface area contributed by atoms with Crippen molar-refractivity contribution in [3.63, 3.8) is 0 Å². The van der Waals surface area contributed by atoms with Crippen LogP contribution in [0.5, 0.6) is 11.5 Å². The molecule has 0 aromatic heterocycles. The van der Waals surface area contributed by atoms with Gasteiger partial charge in [0, 0.05) is 5.02 Å². The van der Waals surface area contributed by atoms with E-state index in [4.69, 9.17) is 44.9 Å². The van der Waals surface area contributed by atoms with Gasteiger partial charge < -0.3 is 9.47 Å². The lowest BCUT2D eigenvalue weighted by atomic mass is 10.1. The van der Waals surface area contributed by atoms with Crippen LogP contribution in [0.4, 0.5) is 5.69 Å². The number of hydrogen-bond acceptors (Lipinski definition) is 5. The second-order valence-electron chi connectivity index (χ2n) is 6.96. The molecule has 1 aliphatic heterocycles. The van der Waals surface area contributed by atoms with Crippen molar-refractivity contribution >= 4 is 69.2 Å². The summed E-state index contributed by atoms with van der Waals surface area (Å²) in [5.41, 5.74) is 1.33. The average molecular weight is 482 g/mol. The Morgan fingerprint density at radius 1 is 1.13 bits per heavy atom. The first kappa shape index (κ1) is 22.9. The molecular weight excluding hydrogens is 461 g/mol. The van der Waals surface area contributed by atoms with Crippen molar-refractivity contribution in [2.75, 3.05) is 18.1 Å². The molecule has 0 saturated carbocycles. The van der Waals surface area contributed by atoms with E-state index in [-0.39, 0.29) is 5.91 Å². The lowest BCUT2D eigenvalue weighted by molar-refractivity contribution is -0.113. The summed E-state index contributed by atoms with van der Waals surface area (Å²) in [7, 11) is 0. The number of nitrogens with zero attached hydrogens (tertiary/aromatic N) is 1. The number of amides is 1. The van der Waals surface area contributed by atoms with Crippen molar-refractivity contribution in [2.45, 2.75) is 20.8 Å². The fourth-order valence-electron chi connectivity index (χ4n) is 2.75. The number of rotatable bonds is 7. The molecule has 1 aliphatic rings. The fourth-order valence-corrected chi connectivity index (χ4v) is 4.53. The molecule has 0 bridgehead atoms. The maximum atomic E-state index is 13.0.